The standard InChI is InChI=1S/C50H63ClF3N7O6S3/c1-49(36-60-24-21-55-22-25-60)20-18-45(37-8-12-40(51)13-9-37)39(33-49)34-59-26-28-61(29-27-59)42-14-10-38(11-15-42)48(63)57-70(66,67)44-16-17-46(47(32-44)69(64,65)50(52,53)54)56-41(19-23-58(2)30-31-62)35-68-43-6-4-3-5-7-43/h3-17,32,41,55-56,62H,18-31,33-36H2,1-2H3,(H,57,63)/t41?,49-/m1/s1. The summed E-state index contributed by atoms with van der Waals surface area (Å²) in [7, 11) is -9.19. The number of anilines is 2. The van der Waals surface area contributed by atoms with Gasteiger partial charge in [-0.25, -0.2) is 21.6 Å². The molecule has 4 aromatic rings. The lowest BCUT2D eigenvalue weighted by Gasteiger charge is -2.43. The lowest BCUT2D eigenvalue weighted by molar-refractivity contribution is -0.0435. The van der Waals surface area contributed by atoms with Gasteiger partial charge in [0.1, 0.15) is 4.90 Å². The quantitative estimate of drug-likeness (QED) is 0.0655. The van der Waals surface area contributed by atoms with Crippen LogP contribution in [0.25, 0.3) is 5.57 Å². The van der Waals surface area contributed by atoms with E-state index in [1.54, 1.807) is 19.2 Å². The Kier molecular flexibility index (Phi) is 18.1. The van der Waals surface area contributed by atoms with Gasteiger partial charge in [0.2, 0.25) is 0 Å². The van der Waals surface area contributed by atoms with E-state index in [0.717, 1.165) is 107 Å². The number of nitrogens with zero attached hydrogens (tertiary/aromatic N) is 4. The van der Waals surface area contributed by atoms with Crippen LogP contribution in [0.4, 0.5) is 24.5 Å². The van der Waals surface area contributed by atoms with Gasteiger partial charge in [-0.15, -0.1) is 11.8 Å². The average Bonchev–Trinajstić information content (AvgIpc) is 3.33. The molecule has 1 aliphatic carbocycles. The van der Waals surface area contributed by atoms with Gasteiger partial charge in [0.05, 0.1) is 17.2 Å². The molecule has 0 aromatic heterocycles. The summed E-state index contributed by atoms with van der Waals surface area (Å²) in [5.41, 5.74) is -1.12. The number of halogens is 4. The minimum absolute atomic E-state index is 0.0138. The summed E-state index contributed by atoms with van der Waals surface area (Å²) in [5, 5.41) is 16.5. The number of hydrogen-bond acceptors (Lipinski definition) is 13. The Labute approximate surface area is 419 Å². The smallest absolute Gasteiger partial charge is 0.395 e. The third-order valence-electron chi connectivity index (χ3n) is 13.3. The number of sulfonamides is 1. The van der Waals surface area contributed by atoms with Crippen molar-refractivity contribution in [1.82, 2.24) is 24.7 Å². The summed E-state index contributed by atoms with van der Waals surface area (Å²) in [6.45, 7) is 12.2. The molecule has 0 spiro atoms. The van der Waals surface area contributed by atoms with Crippen LogP contribution in [0.1, 0.15) is 48.5 Å². The van der Waals surface area contributed by atoms with Crippen LogP contribution >= 0.6 is 23.4 Å². The molecule has 0 radical (unpaired) electrons. The third kappa shape index (κ3) is 14.1. The fourth-order valence-corrected chi connectivity index (χ4v) is 12.6. The summed E-state index contributed by atoms with van der Waals surface area (Å²) in [6, 6.07) is 25.6. The van der Waals surface area contributed by atoms with Gasteiger partial charge in [0.15, 0.2) is 0 Å². The van der Waals surface area contributed by atoms with Crippen LogP contribution in [0.15, 0.2) is 117 Å². The molecular weight excluding hydrogens is 983 g/mol. The molecule has 4 aromatic carbocycles. The number of carbonyl (C=O) groups excluding carboxylic acids is 1. The molecule has 0 bridgehead atoms. The Morgan fingerprint density at radius 3 is 2.24 bits per heavy atom. The molecule has 20 heteroatoms. The van der Waals surface area contributed by atoms with E-state index < -0.39 is 52.8 Å². The molecular formula is C50H63ClF3N7O6S3. The summed E-state index contributed by atoms with van der Waals surface area (Å²) in [6.07, 6.45) is 3.49. The van der Waals surface area contributed by atoms with E-state index in [2.05, 4.69) is 44.4 Å². The molecule has 1 unspecified atom stereocenters. The second kappa shape index (κ2) is 23.6. The maximum absolute atomic E-state index is 14.2. The predicted molar refractivity (Wildman–Crippen MR) is 273 cm³/mol. The predicted octanol–water partition coefficient (Wildman–Crippen LogP) is 7.31. The molecule has 3 aliphatic rings. The first-order valence-electron chi connectivity index (χ1n) is 23.6. The minimum atomic E-state index is -6.08. The lowest BCUT2D eigenvalue weighted by Crippen LogP contribution is -2.49. The van der Waals surface area contributed by atoms with E-state index in [4.69, 9.17) is 11.6 Å². The lowest BCUT2D eigenvalue weighted by atomic mass is 9.71. The second-order valence-electron chi connectivity index (χ2n) is 18.7. The molecule has 2 fully saturated rings. The van der Waals surface area contributed by atoms with Crippen molar-refractivity contribution in [2.75, 3.05) is 108 Å². The van der Waals surface area contributed by atoms with Gasteiger partial charge in [-0.05, 0) is 123 Å². The number of likely N-dealkylation sites (N-methyl/N-ethyl adjacent to an activating group) is 1. The zero-order valence-electron chi connectivity index (χ0n) is 39.6. The third-order valence-corrected chi connectivity index (χ3v) is 17.6. The monoisotopic (exact) mass is 1050 g/mol. The van der Waals surface area contributed by atoms with Crippen LogP contribution in [0.3, 0.4) is 0 Å². The normalized spacial score (nSPS) is 19.3. The number of alkyl halides is 3. The average molecular weight is 1050 g/mol. The molecule has 2 heterocycles. The SMILES string of the molecule is CN(CCO)CCC(CSc1ccccc1)Nc1ccc(S(=O)(=O)NC(=O)c2ccc(N3CCN(CC4=C(c5ccc(Cl)cc5)CC[C@@](C)(CN5CCNCC5)C4)CC3)cc2)cc1S(=O)(=O)C(F)(F)F. The molecule has 2 aliphatic heterocycles. The molecule has 2 saturated heterocycles. The number of rotatable bonds is 20. The summed E-state index contributed by atoms with van der Waals surface area (Å²) < 4.78 is 97.8. The Balaban J connectivity index is 1.01. The summed E-state index contributed by atoms with van der Waals surface area (Å²) in [5.74, 6) is -0.722. The van der Waals surface area contributed by atoms with Crippen molar-refractivity contribution in [2.24, 2.45) is 5.41 Å². The number of hydrogen-bond donors (Lipinski definition) is 4. The van der Waals surface area contributed by atoms with E-state index >= 15 is 0 Å². The molecule has 0 saturated carbocycles. The van der Waals surface area contributed by atoms with E-state index in [-0.39, 0.29) is 17.6 Å². The fourth-order valence-electron chi connectivity index (χ4n) is 9.43. The van der Waals surface area contributed by atoms with Gasteiger partial charge in [0.25, 0.3) is 25.8 Å². The molecule has 1 amide bonds. The number of amides is 1. The molecule has 4 N–H and O–H groups in total. The number of carbonyl (C=O) groups is 1. The molecule has 2 atom stereocenters. The van der Waals surface area contributed by atoms with Gasteiger partial charge in [0, 0.05) is 105 Å². The van der Waals surface area contributed by atoms with Gasteiger partial charge >= 0.3 is 5.51 Å². The molecule has 70 heavy (non-hydrogen) atoms. The van der Waals surface area contributed by atoms with Crippen LogP contribution in [0, 0.1) is 5.41 Å². The van der Waals surface area contributed by atoms with Gasteiger partial charge in [-0.3, -0.25) is 9.69 Å². The molecule has 380 valence electrons. The number of aliphatic hydroxyl groups excluding tert-OH is 1. The number of allylic oxidation sites excluding steroid dienone is 1. The van der Waals surface area contributed by atoms with Crippen molar-refractivity contribution in [3.63, 3.8) is 0 Å². The Bertz CT molecular complexity index is 2650. The van der Waals surface area contributed by atoms with Crippen molar-refractivity contribution in [2.45, 2.75) is 58.8 Å². The van der Waals surface area contributed by atoms with Crippen LogP contribution in [-0.4, -0.2) is 152 Å². The van der Waals surface area contributed by atoms with Gasteiger partial charge in [-0.1, -0.05) is 54.4 Å². The number of sulfone groups is 1. The first-order valence-corrected chi connectivity index (χ1v) is 27.9. The largest absolute Gasteiger partial charge is 0.501 e. The number of benzene rings is 4. The van der Waals surface area contributed by atoms with Crippen LogP contribution in [0.2, 0.25) is 5.02 Å². The highest BCUT2D eigenvalue weighted by molar-refractivity contribution is 7.99. The zero-order valence-corrected chi connectivity index (χ0v) is 42.8. The first-order chi connectivity index (χ1) is 33.3. The van der Waals surface area contributed by atoms with E-state index in [9.17, 15) is 39.9 Å². The van der Waals surface area contributed by atoms with E-state index in [1.165, 1.54) is 40.6 Å². The zero-order chi connectivity index (χ0) is 50.1. The fraction of sp³-hybridized carbons (Fsp3) is 0.460. The van der Waals surface area contributed by atoms with Crippen LogP contribution in [-0.2, 0) is 19.9 Å². The highest BCUT2D eigenvalue weighted by Gasteiger charge is 2.48. The van der Waals surface area contributed by atoms with Crippen molar-refractivity contribution >= 4 is 66.1 Å². The van der Waals surface area contributed by atoms with Gasteiger partial charge < -0.3 is 30.4 Å². The molecule has 7 rings (SSSR count). The van der Waals surface area contributed by atoms with Gasteiger partial charge in [-0.2, -0.15) is 13.2 Å². The summed E-state index contributed by atoms with van der Waals surface area (Å²) >= 11 is 7.68. The van der Waals surface area contributed by atoms with Crippen molar-refractivity contribution in [1.29, 1.82) is 0 Å². The van der Waals surface area contributed by atoms with Crippen molar-refractivity contribution in [3.05, 3.63) is 119 Å². The molecule has 13 nitrogen and oxygen atoms in total. The van der Waals surface area contributed by atoms with Crippen LogP contribution in [0.5, 0.6) is 0 Å². The van der Waals surface area contributed by atoms with Crippen molar-refractivity contribution < 1.29 is 39.9 Å². The van der Waals surface area contributed by atoms with Crippen LogP contribution < -0.4 is 20.3 Å². The van der Waals surface area contributed by atoms with E-state index in [1.807, 2.05) is 52.1 Å². The topological polar surface area (TPSA) is 155 Å². The second-order valence-corrected chi connectivity index (χ2v) is 23.9. The summed E-state index contributed by atoms with van der Waals surface area (Å²) in [4.78, 5) is 21.3. The highest BCUT2D eigenvalue weighted by Crippen LogP contribution is 2.44. The minimum Gasteiger partial charge on any atom is -0.395 e. The Hall–Kier alpha value is -4.18. The maximum atomic E-state index is 14.2. The number of nitrogens with one attached hydrogen (secondary N) is 3. The Morgan fingerprint density at radius 2 is 1.59 bits per heavy atom. The highest BCUT2D eigenvalue weighted by atomic mass is 35.5. The van der Waals surface area contributed by atoms with Crippen molar-refractivity contribution in [3.8, 4) is 0 Å². The maximum Gasteiger partial charge on any atom is 0.501 e. The number of piperazine rings is 2. The number of thioether (sulfide) groups is 1. The number of aliphatic hydroxyl groups is 1. The Morgan fingerprint density at radius 1 is 0.900 bits per heavy atom. The first kappa shape index (κ1) is 53.6. The van der Waals surface area contributed by atoms with E-state index in [0.29, 0.717) is 36.4 Å².